The molecule has 0 bridgehead atoms. The molecule has 1 heterocycles. The lowest BCUT2D eigenvalue weighted by Gasteiger charge is -2.24. The number of para-hydroxylation sites is 2. The van der Waals surface area contributed by atoms with Crippen LogP contribution in [0.4, 0.5) is 21.5 Å². The van der Waals surface area contributed by atoms with Crippen LogP contribution in [0.2, 0.25) is 0 Å². The zero-order valence-corrected chi connectivity index (χ0v) is 15.0. The number of fused-ring (bicyclic) bond motifs is 2. The van der Waals surface area contributed by atoms with Crippen LogP contribution in [-0.2, 0) is 9.59 Å². The maximum absolute atomic E-state index is 13.4. The molecular formula is C21H20FN3O2. The van der Waals surface area contributed by atoms with Gasteiger partial charge in [-0.15, -0.1) is 0 Å². The fraction of sp³-hybridized carbons (Fsp3) is 0.286. The van der Waals surface area contributed by atoms with Crippen LogP contribution < -0.4 is 10.2 Å². The number of aryl methyl sites for hydroxylation is 1. The molecule has 27 heavy (non-hydrogen) atoms. The summed E-state index contributed by atoms with van der Waals surface area (Å²) >= 11 is 0. The quantitative estimate of drug-likeness (QED) is 0.894. The molecule has 2 aliphatic rings. The molecule has 6 heteroatoms. The number of benzene rings is 2. The topological polar surface area (TPSA) is 61.8 Å². The molecule has 2 aromatic rings. The van der Waals surface area contributed by atoms with Crippen LogP contribution >= 0.6 is 0 Å². The molecule has 4 rings (SSSR count). The minimum atomic E-state index is -0.328. The highest BCUT2D eigenvalue weighted by atomic mass is 19.1. The van der Waals surface area contributed by atoms with Crippen LogP contribution in [-0.4, -0.2) is 24.1 Å². The van der Waals surface area contributed by atoms with Gasteiger partial charge in [-0.2, -0.15) is 0 Å². The van der Waals surface area contributed by atoms with Crippen molar-refractivity contribution in [2.24, 2.45) is 10.9 Å². The third-order valence-corrected chi connectivity index (χ3v) is 5.07. The van der Waals surface area contributed by atoms with Gasteiger partial charge in [-0.25, -0.2) is 4.39 Å². The lowest BCUT2D eigenvalue weighted by atomic mass is 10.1. The zero-order chi connectivity index (χ0) is 19.0. The number of amides is 2. The number of rotatable bonds is 3. The molecule has 1 unspecified atom stereocenters. The molecule has 0 aromatic heterocycles. The summed E-state index contributed by atoms with van der Waals surface area (Å²) < 4.78 is 13.4. The van der Waals surface area contributed by atoms with Crippen molar-refractivity contribution in [2.45, 2.75) is 26.2 Å². The number of anilines is 2. The largest absolute Gasteiger partial charge is 0.325 e. The third kappa shape index (κ3) is 3.35. The lowest BCUT2D eigenvalue weighted by Crippen LogP contribution is -2.41. The Bertz CT molecular complexity index is 954. The highest BCUT2D eigenvalue weighted by Gasteiger charge is 2.37. The van der Waals surface area contributed by atoms with Crippen LogP contribution in [0.25, 0.3) is 0 Å². The molecule has 0 spiro atoms. The second kappa shape index (κ2) is 6.95. The average Bonchev–Trinajstić information content (AvgIpc) is 3.07. The Balaban J connectivity index is 1.59. The van der Waals surface area contributed by atoms with Crippen molar-refractivity contribution in [3.8, 4) is 0 Å². The molecular weight excluding hydrogens is 345 g/mol. The van der Waals surface area contributed by atoms with Gasteiger partial charge in [0.25, 0.3) is 0 Å². The molecule has 2 aromatic carbocycles. The zero-order valence-electron chi connectivity index (χ0n) is 15.0. The van der Waals surface area contributed by atoms with Gasteiger partial charge in [-0.05, 0) is 62.1 Å². The first-order valence-corrected chi connectivity index (χ1v) is 9.07. The fourth-order valence-electron chi connectivity index (χ4n) is 3.71. The first kappa shape index (κ1) is 17.4. The molecule has 0 saturated heterocycles. The molecule has 1 atom stereocenters. The van der Waals surface area contributed by atoms with E-state index >= 15 is 0 Å². The first-order valence-electron chi connectivity index (χ1n) is 9.07. The monoisotopic (exact) mass is 365 g/mol. The van der Waals surface area contributed by atoms with Gasteiger partial charge in [0.15, 0.2) is 0 Å². The summed E-state index contributed by atoms with van der Waals surface area (Å²) in [5.41, 5.74) is 3.23. The third-order valence-electron chi connectivity index (χ3n) is 5.07. The number of hydrogen-bond donors (Lipinski definition) is 1. The van der Waals surface area contributed by atoms with E-state index in [-0.39, 0.29) is 30.1 Å². The maximum Gasteiger partial charge on any atom is 0.244 e. The van der Waals surface area contributed by atoms with Gasteiger partial charge < -0.3 is 10.2 Å². The minimum Gasteiger partial charge on any atom is -0.325 e. The highest BCUT2D eigenvalue weighted by Crippen LogP contribution is 2.37. The summed E-state index contributed by atoms with van der Waals surface area (Å²) in [7, 11) is 0. The van der Waals surface area contributed by atoms with Crippen molar-refractivity contribution in [1.29, 1.82) is 0 Å². The van der Waals surface area contributed by atoms with Gasteiger partial charge in [0, 0.05) is 11.4 Å². The highest BCUT2D eigenvalue weighted by molar-refractivity contribution is 6.16. The standard InChI is InChI=1S/C21H20FN3O2/c1-13-11-14(9-10-16(13)22)23-20(26)12-25-19-8-3-2-6-18(19)24-17-7-4-5-15(17)21(25)27/h2-3,6,8-11,15H,4-5,7,12H2,1H3,(H,23,26). The normalized spacial score (nSPS) is 18.4. The van der Waals surface area contributed by atoms with Crippen LogP contribution in [0.5, 0.6) is 0 Å². The predicted molar refractivity (Wildman–Crippen MR) is 103 cm³/mol. The Morgan fingerprint density at radius 3 is 2.93 bits per heavy atom. The van der Waals surface area contributed by atoms with Crippen molar-refractivity contribution in [3.05, 3.63) is 53.8 Å². The molecule has 1 N–H and O–H groups in total. The van der Waals surface area contributed by atoms with Gasteiger partial charge in [0.1, 0.15) is 12.4 Å². The van der Waals surface area contributed by atoms with E-state index in [1.165, 1.54) is 17.0 Å². The second-order valence-electron chi connectivity index (χ2n) is 6.97. The fourth-order valence-corrected chi connectivity index (χ4v) is 3.71. The van der Waals surface area contributed by atoms with Gasteiger partial charge in [-0.3, -0.25) is 14.6 Å². The second-order valence-corrected chi connectivity index (χ2v) is 6.97. The Morgan fingerprint density at radius 1 is 1.30 bits per heavy atom. The Kier molecular flexibility index (Phi) is 4.48. The number of hydrogen-bond acceptors (Lipinski definition) is 3. The summed E-state index contributed by atoms with van der Waals surface area (Å²) in [5.74, 6) is -0.985. The Morgan fingerprint density at radius 2 is 2.11 bits per heavy atom. The predicted octanol–water partition coefficient (Wildman–Crippen LogP) is 3.99. The van der Waals surface area contributed by atoms with Gasteiger partial charge in [0.05, 0.1) is 17.3 Å². The molecule has 1 aliphatic heterocycles. The SMILES string of the molecule is Cc1cc(NC(=O)CN2C(=O)C3CCCC3=Nc3ccccc32)ccc1F. The van der Waals surface area contributed by atoms with Gasteiger partial charge in [0.2, 0.25) is 11.8 Å². The lowest BCUT2D eigenvalue weighted by molar-refractivity contribution is -0.122. The summed E-state index contributed by atoms with van der Waals surface area (Å²) in [6.45, 7) is 1.53. The van der Waals surface area contributed by atoms with Crippen molar-refractivity contribution >= 4 is 34.6 Å². The number of halogens is 1. The molecule has 5 nitrogen and oxygen atoms in total. The van der Waals surface area contributed by atoms with Crippen LogP contribution in [0.1, 0.15) is 24.8 Å². The average molecular weight is 365 g/mol. The molecule has 0 radical (unpaired) electrons. The Hall–Kier alpha value is -3.02. The number of nitrogens with one attached hydrogen (secondary N) is 1. The number of carbonyl (C=O) groups is 2. The summed E-state index contributed by atoms with van der Waals surface area (Å²) in [6.07, 6.45) is 2.52. The molecule has 1 fully saturated rings. The van der Waals surface area contributed by atoms with E-state index in [2.05, 4.69) is 5.32 Å². The van der Waals surface area contributed by atoms with E-state index < -0.39 is 0 Å². The van der Waals surface area contributed by atoms with E-state index in [1.54, 1.807) is 13.0 Å². The van der Waals surface area contributed by atoms with E-state index in [0.717, 1.165) is 30.7 Å². The maximum atomic E-state index is 13.4. The molecule has 1 aliphatic carbocycles. The van der Waals surface area contributed by atoms with Crippen molar-refractivity contribution in [3.63, 3.8) is 0 Å². The Labute approximate surface area is 156 Å². The van der Waals surface area contributed by atoms with E-state index in [1.807, 2.05) is 24.3 Å². The van der Waals surface area contributed by atoms with E-state index in [4.69, 9.17) is 4.99 Å². The number of carbonyl (C=O) groups excluding carboxylic acids is 2. The van der Waals surface area contributed by atoms with E-state index in [0.29, 0.717) is 16.9 Å². The summed E-state index contributed by atoms with van der Waals surface area (Å²) in [5, 5.41) is 2.75. The molecule has 138 valence electrons. The van der Waals surface area contributed by atoms with E-state index in [9.17, 15) is 14.0 Å². The minimum absolute atomic E-state index is 0.0818. The van der Waals surface area contributed by atoms with Crippen LogP contribution in [0.3, 0.4) is 0 Å². The first-order chi connectivity index (χ1) is 13.0. The van der Waals surface area contributed by atoms with Gasteiger partial charge >= 0.3 is 0 Å². The van der Waals surface area contributed by atoms with Crippen molar-refractivity contribution in [1.82, 2.24) is 0 Å². The summed E-state index contributed by atoms with van der Waals surface area (Å²) in [6, 6.07) is 11.8. The van der Waals surface area contributed by atoms with Gasteiger partial charge in [-0.1, -0.05) is 12.1 Å². The van der Waals surface area contributed by atoms with Crippen LogP contribution in [0.15, 0.2) is 47.5 Å². The number of nitrogens with zero attached hydrogens (tertiary/aromatic N) is 2. The number of aliphatic imine (C=N–C) groups is 1. The van der Waals surface area contributed by atoms with Crippen molar-refractivity contribution in [2.75, 3.05) is 16.8 Å². The molecule has 2 amide bonds. The molecule has 1 saturated carbocycles. The smallest absolute Gasteiger partial charge is 0.244 e. The summed E-state index contributed by atoms with van der Waals surface area (Å²) in [4.78, 5) is 31.9. The van der Waals surface area contributed by atoms with Crippen molar-refractivity contribution < 1.29 is 14.0 Å². The van der Waals surface area contributed by atoms with Crippen LogP contribution in [0, 0.1) is 18.7 Å².